The third-order valence-corrected chi connectivity index (χ3v) is 4.79. The largest absolute Gasteiger partial charge is 0.488 e. The van der Waals surface area contributed by atoms with Crippen molar-refractivity contribution in [2.45, 2.75) is 39.5 Å². The average molecular weight is 567 g/mol. The van der Waals surface area contributed by atoms with Gasteiger partial charge in [0, 0.05) is 36.7 Å². The lowest BCUT2D eigenvalue weighted by atomic mass is 10.1. The molecule has 2 aromatic rings. The van der Waals surface area contributed by atoms with Gasteiger partial charge >= 0.3 is 0 Å². The van der Waals surface area contributed by atoms with Crippen LogP contribution in [-0.4, -0.2) is 31.8 Å². The Morgan fingerprint density at radius 2 is 1.84 bits per heavy atom. The second-order valence-electron chi connectivity index (χ2n) is 7.21. The van der Waals surface area contributed by atoms with E-state index in [1.807, 2.05) is 32.0 Å². The summed E-state index contributed by atoms with van der Waals surface area (Å²) in [5, 5.41) is 5.65. The van der Waals surface area contributed by atoms with Crippen LogP contribution in [0.15, 0.2) is 29.3 Å². The normalized spacial score (nSPS) is 15.9. The highest BCUT2D eigenvalue weighted by atomic mass is 127. The lowest BCUT2D eigenvalue weighted by Gasteiger charge is -2.16. The lowest BCUT2D eigenvalue weighted by Crippen LogP contribution is -2.37. The van der Waals surface area contributed by atoms with E-state index in [-0.39, 0.29) is 48.7 Å². The highest BCUT2D eigenvalue weighted by Gasteiger charge is 2.20. The van der Waals surface area contributed by atoms with Gasteiger partial charge < -0.3 is 20.1 Å². The molecule has 1 fully saturated rings. The molecule has 0 radical (unpaired) electrons. The smallest absolute Gasteiger partial charge is 0.191 e. The van der Waals surface area contributed by atoms with Crippen molar-refractivity contribution in [2.75, 3.05) is 19.8 Å². The van der Waals surface area contributed by atoms with Crippen LogP contribution in [-0.2, 0) is 17.8 Å². The third-order valence-electron chi connectivity index (χ3n) is 4.79. The van der Waals surface area contributed by atoms with E-state index < -0.39 is 35.4 Å². The van der Waals surface area contributed by atoms with Crippen molar-refractivity contribution < 1.29 is 27.0 Å². The van der Waals surface area contributed by atoms with Gasteiger partial charge in [-0.15, -0.1) is 24.0 Å². The maximum atomic E-state index is 13.9. The third kappa shape index (κ3) is 6.71. The van der Waals surface area contributed by atoms with E-state index in [0.717, 1.165) is 17.5 Å². The molecule has 1 heterocycles. The molecule has 10 heteroatoms. The minimum atomic E-state index is -1.45. The van der Waals surface area contributed by atoms with Gasteiger partial charge in [0.25, 0.3) is 0 Å². The second-order valence-corrected chi connectivity index (χ2v) is 7.21. The van der Waals surface area contributed by atoms with Crippen molar-refractivity contribution in [2.24, 2.45) is 4.99 Å². The van der Waals surface area contributed by atoms with E-state index in [2.05, 4.69) is 15.6 Å². The van der Waals surface area contributed by atoms with Crippen molar-refractivity contribution in [1.82, 2.24) is 10.6 Å². The fourth-order valence-corrected chi connectivity index (χ4v) is 3.14. The van der Waals surface area contributed by atoms with Crippen LogP contribution in [0.5, 0.6) is 5.75 Å². The average Bonchev–Trinajstić information content (AvgIpc) is 3.24. The first kappa shape index (κ1) is 26.2. The van der Waals surface area contributed by atoms with E-state index in [0.29, 0.717) is 25.5 Å². The molecule has 0 saturated carbocycles. The van der Waals surface area contributed by atoms with Gasteiger partial charge in [0.15, 0.2) is 29.2 Å². The summed E-state index contributed by atoms with van der Waals surface area (Å²) in [6, 6.07) is 5.93. The number of ether oxygens (including phenoxy) is 2. The van der Waals surface area contributed by atoms with E-state index in [1.54, 1.807) is 0 Å². The maximum absolute atomic E-state index is 13.9. The zero-order valence-electron chi connectivity index (χ0n) is 17.8. The number of nitrogens with one attached hydrogen (secondary N) is 2. The van der Waals surface area contributed by atoms with Crippen molar-refractivity contribution in [3.8, 4) is 5.75 Å². The van der Waals surface area contributed by atoms with Crippen LogP contribution in [0.1, 0.15) is 30.0 Å². The Morgan fingerprint density at radius 1 is 1.12 bits per heavy atom. The molecule has 1 atom stereocenters. The molecule has 0 aromatic heterocycles. The molecule has 176 valence electrons. The van der Waals surface area contributed by atoms with Gasteiger partial charge in [-0.25, -0.2) is 22.6 Å². The van der Waals surface area contributed by atoms with Gasteiger partial charge in [0.2, 0.25) is 0 Å². The van der Waals surface area contributed by atoms with E-state index in [4.69, 9.17) is 9.47 Å². The van der Waals surface area contributed by atoms with Gasteiger partial charge in [0.05, 0.1) is 19.8 Å². The van der Waals surface area contributed by atoms with E-state index in [9.17, 15) is 17.6 Å². The molecule has 1 unspecified atom stereocenters. The van der Waals surface area contributed by atoms with Gasteiger partial charge in [-0.3, -0.25) is 0 Å². The predicted octanol–water partition coefficient (Wildman–Crippen LogP) is 4.59. The first-order valence-electron chi connectivity index (χ1n) is 10.1. The molecule has 0 bridgehead atoms. The van der Waals surface area contributed by atoms with Crippen LogP contribution < -0.4 is 15.4 Å². The summed E-state index contributed by atoms with van der Waals surface area (Å²) in [5.41, 5.74) is 1.12. The molecule has 3 rings (SSSR count). The zero-order chi connectivity index (χ0) is 22.4. The fraction of sp³-hybridized carbons (Fsp3) is 0.409. The first-order valence-corrected chi connectivity index (χ1v) is 10.1. The summed E-state index contributed by atoms with van der Waals surface area (Å²) in [4.78, 5) is 4.42. The van der Waals surface area contributed by atoms with Crippen molar-refractivity contribution in [1.29, 1.82) is 0 Å². The molecule has 0 aliphatic carbocycles. The van der Waals surface area contributed by atoms with Crippen molar-refractivity contribution in [3.05, 3.63) is 64.2 Å². The first-order chi connectivity index (χ1) is 14.9. The summed E-state index contributed by atoms with van der Waals surface area (Å²) in [6.45, 7) is 5.19. The quantitative estimate of drug-likeness (QED) is 0.169. The number of aryl methyl sites for hydroxylation is 1. The van der Waals surface area contributed by atoms with Gasteiger partial charge in [-0.05, 0) is 25.5 Å². The number of nitrogens with zero attached hydrogens (tertiary/aromatic N) is 1. The Labute approximate surface area is 201 Å². The maximum Gasteiger partial charge on any atom is 0.191 e. The van der Waals surface area contributed by atoms with Gasteiger partial charge in [0.1, 0.15) is 11.9 Å². The van der Waals surface area contributed by atoms with Crippen molar-refractivity contribution >= 4 is 29.9 Å². The summed E-state index contributed by atoms with van der Waals surface area (Å²) in [7, 11) is 0. The van der Waals surface area contributed by atoms with Gasteiger partial charge in [-0.1, -0.05) is 12.1 Å². The Kier molecular flexibility index (Phi) is 10.0. The summed E-state index contributed by atoms with van der Waals surface area (Å²) in [5.74, 6) is -4.84. The van der Waals surface area contributed by atoms with Gasteiger partial charge in [-0.2, -0.15) is 0 Å². The molecule has 1 saturated heterocycles. The molecular formula is C22H26F4IN3O2. The van der Waals surface area contributed by atoms with Crippen LogP contribution in [0.25, 0.3) is 0 Å². The Morgan fingerprint density at radius 3 is 2.47 bits per heavy atom. The Bertz CT molecular complexity index is 927. The summed E-state index contributed by atoms with van der Waals surface area (Å²) >= 11 is 0. The number of aliphatic imine (C=N–C) groups is 1. The monoisotopic (exact) mass is 567 g/mol. The van der Waals surface area contributed by atoms with Crippen LogP contribution >= 0.6 is 24.0 Å². The number of hydrogen-bond acceptors (Lipinski definition) is 3. The SMILES string of the molecule is CCNC(=NCc1ccc(C)cc1OC1CCOC1)NCc1c(F)c(F)cc(F)c1F.I. The number of rotatable bonds is 7. The summed E-state index contributed by atoms with van der Waals surface area (Å²) < 4.78 is 66.1. The highest BCUT2D eigenvalue weighted by Crippen LogP contribution is 2.24. The predicted molar refractivity (Wildman–Crippen MR) is 124 cm³/mol. The van der Waals surface area contributed by atoms with Crippen LogP contribution in [0.3, 0.4) is 0 Å². The molecular weight excluding hydrogens is 541 g/mol. The van der Waals surface area contributed by atoms with E-state index >= 15 is 0 Å². The number of guanidine groups is 1. The number of hydrogen-bond donors (Lipinski definition) is 2. The lowest BCUT2D eigenvalue weighted by molar-refractivity contribution is 0.140. The molecule has 32 heavy (non-hydrogen) atoms. The molecule has 5 nitrogen and oxygen atoms in total. The number of halogens is 5. The molecule has 0 spiro atoms. The van der Waals surface area contributed by atoms with Crippen molar-refractivity contribution in [3.63, 3.8) is 0 Å². The molecule has 2 N–H and O–H groups in total. The number of benzene rings is 2. The van der Waals surface area contributed by atoms with E-state index in [1.165, 1.54) is 0 Å². The Hall–Kier alpha value is -2.08. The second kappa shape index (κ2) is 12.2. The fourth-order valence-electron chi connectivity index (χ4n) is 3.14. The molecule has 1 aliphatic rings. The molecule has 2 aromatic carbocycles. The molecule has 1 aliphatic heterocycles. The minimum Gasteiger partial charge on any atom is -0.488 e. The Balaban J connectivity index is 0.00000363. The summed E-state index contributed by atoms with van der Waals surface area (Å²) in [6.07, 6.45) is 0.784. The zero-order valence-corrected chi connectivity index (χ0v) is 20.1. The standard InChI is InChI=1S/C22H25F4N3O2.HI/c1-3-27-22(29-11-16-20(25)17(23)9-18(24)21(16)26)28-10-14-5-4-13(2)8-19(14)31-15-6-7-30-12-15;/h4-5,8-9,15H,3,6-7,10-12H2,1-2H3,(H2,27,28,29);1H. The highest BCUT2D eigenvalue weighted by molar-refractivity contribution is 14.0. The minimum absolute atomic E-state index is 0. The topological polar surface area (TPSA) is 54.9 Å². The molecule has 0 amide bonds. The van der Waals surface area contributed by atoms with Crippen LogP contribution in [0.2, 0.25) is 0 Å². The van der Waals surface area contributed by atoms with Crippen LogP contribution in [0.4, 0.5) is 17.6 Å². The van der Waals surface area contributed by atoms with Crippen LogP contribution in [0, 0.1) is 30.2 Å².